The Morgan fingerprint density at radius 2 is 1.79 bits per heavy atom. The predicted octanol–water partition coefficient (Wildman–Crippen LogP) is 6.77. The van der Waals surface area contributed by atoms with E-state index in [0.717, 1.165) is 29.8 Å². The summed E-state index contributed by atoms with van der Waals surface area (Å²) in [5, 5.41) is 6.16. The molecule has 3 aromatic carbocycles. The third kappa shape index (κ3) is 7.51. The minimum Gasteiger partial charge on any atom is -0.387 e. The fourth-order valence-electron chi connectivity index (χ4n) is 2.75. The van der Waals surface area contributed by atoms with Crippen LogP contribution in [-0.4, -0.2) is 31.5 Å². The Bertz CT molecular complexity index is 1060. The van der Waals surface area contributed by atoms with Gasteiger partial charge in [-0.2, -0.15) is 0 Å². The minimum atomic E-state index is -0.532. The molecule has 1 saturated heterocycles. The number of aldehydes is 1. The molecule has 4 rings (SSSR count). The van der Waals surface area contributed by atoms with Crippen LogP contribution in [0.2, 0.25) is 5.02 Å². The Kier molecular flexibility index (Phi) is 10.7. The second kappa shape index (κ2) is 13.5. The molecule has 0 spiro atoms. The van der Waals surface area contributed by atoms with Crippen LogP contribution in [0.5, 0.6) is 0 Å². The molecule has 0 bridgehead atoms. The third-order valence-corrected chi connectivity index (χ3v) is 5.86. The lowest BCUT2D eigenvalue weighted by molar-refractivity contribution is 0.102. The van der Waals surface area contributed by atoms with Gasteiger partial charge in [-0.15, -0.1) is 0 Å². The Balaban J connectivity index is 0.000000323. The molecule has 2 N–H and O–H groups in total. The molecule has 8 heteroatoms. The van der Waals surface area contributed by atoms with Gasteiger partial charge in [0.25, 0.3) is 5.91 Å². The van der Waals surface area contributed by atoms with Crippen LogP contribution >= 0.6 is 23.5 Å². The van der Waals surface area contributed by atoms with E-state index in [4.69, 9.17) is 11.6 Å². The molecule has 33 heavy (non-hydrogen) atoms. The van der Waals surface area contributed by atoms with Gasteiger partial charge >= 0.3 is 0 Å². The van der Waals surface area contributed by atoms with E-state index < -0.39 is 11.7 Å². The van der Waals surface area contributed by atoms with Crippen LogP contribution in [0.15, 0.2) is 66.7 Å². The first-order chi connectivity index (χ1) is 16.0. The summed E-state index contributed by atoms with van der Waals surface area (Å²) in [4.78, 5) is 22.3. The third-order valence-electron chi connectivity index (χ3n) is 4.46. The number of carbonyl (C=O) groups is 2. The number of halogens is 2. The second-order valence-electron chi connectivity index (χ2n) is 6.53. The van der Waals surface area contributed by atoms with Crippen LogP contribution < -0.4 is 14.9 Å². The number of nitrogens with zero attached hydrogens (tertiary/aromatic N) is 1. The molecule has 0 unspecified atom stereocenters. The number of amides is 1. The summed E-state index contributed by atoms with van der Waals surface area (Å²) in [6.45, 7) is 4.90. The standard InChI is InChI=1S/C16H15ClFN3OS.C7H6O.C2H6/c1-19-15-8-10(2-5-13(15)17)20-16(22)12-4-3-11(9-14(12)18)21-6-7-23-21;8-6-7-4-2-1-3-5-7;1-2/h2-5,8-9,19H,6-7H2,1H3,(H,20,22);1-6H;1-2H3. The first kappa shape index (κ1) is 26.2. The summed E-state index contributed by atoms with van der Waals surface area (Å²) in [7, 11) is 1.74. The molecule has 5 nitrogen and oxygen atoms in total. The molecule has 0 aromatic heterocycles. The van der Waals surface area contributed by atoms with Crippen molar-refractivity contribution in [2.75, 3.05) is 34.3 Å². The SMILES string of the molecule is CC.CNc1cc(NC(=O)c2ccc(N3CCS3)cc2F)ccc1Cl.O=Cc1ccccc1. The van der Waals surface area contributed by atoms with Gasteiger partial charge in [-0.3, -0.25) is 9.59 Å². The molecule has 1 amide bonds. The summed E-state index contributed by atoms with van der Waals surface area (Å²) >= 11 is 7.64. The van der Waals surface area contributed by atoms with Crippen molar-refractivity contribution in [3.63, 3.8) is 0 Å². The smallest absolute Gasteiger partial charge is 0.258 e. The molecule has 0 atom stereocenters. The Morgan fingerprint density at radius 3 is 2.30 bits per heavy atom. The van der Waals surface area contributed by atoms with E-state index >= 15 is 0 Å². The maximum atomic E-state index is 14.2. The number of anilines is 3. The van der Waals surface area contributed by atoms with Crippen LogP contribution in [0.25, 0.3) is 0 Å². The quantitative estimate of drug-likeness (QED) is 0.307. The molecule has 1 aliphatic rings. The topological polar surface area (TPSA) is 61.4 Å². The minimum absolute atomic E-state index is 0.0141. The average molecular weight is 488 g/mol. The van der Waals surface area contributed by atoms with E-state index in [9.17, 15) is 14.0 Å². The van der Waals surface area contributed by atoms with Gasteiger partial charge in [0, 0.05) is 36.3 Å². The van der Waals surface area contributed by atoms with Crippen molar-refractivity contribution in [2.45, 2.75) is 13.8 Å². The largest absolute Gasteiger partial charge is 0.387 e. The van der Waals surface area contributed by atoms with E-state index in [1.54, 1.807) is 55.4 Å². The van der Waals surface area contributed by atoms with Crippen LogP contribution in [-0.2, 0) is 0 Å². The van der Waals surface area contributed by atoms with Crippen molar-refractivity contribution < 1.29 is 14.0 Å². The molecule has 0 aliphatic carbocycles. The molecule has 3 aromatic rings. The maximum Gasteiger partial charge on any atom is 0.258 e. The van der Waals surface area contributed by atoms with Gasteiger partial charge in [-0.1, -0.05) is 55.8 Å². The molecular weight excluding hydrogens is 461 g/mol. The highest BCUT2D eigenvalue weighted by Gasteiger charge is 2.19. The van der Waals surface area contributed by atoms with Crippen molar-refractivity contribution in [2.24, 2.45) is 0 Å². The maximum absolute atomic E-state index is 14.2. The average Bonchev–Trinajstić information content (AvgIpc) is 2.81. The van der Waals surface area contributed by atoms with Gasteiger partial charge in [0.15, 0.2) is 0 Å². The van der Waals surface area contributed by atoms with Gasteiger partial charge in [0.1, 0.15) is 12.1 Å². The lowest BCUT2D eigenvalue weighted by Gasteiger charge is -2.31. The van der Waals surface area contributed by atoms with Gasteiger partial charge in [0.2, 0.25) is 0 Å². The van der Waals surface area contributed by atoms with Crippen LogP contribution in [0.3, 0.4) is 0 Å². The summed E-state index contributed by atoms with van der Waals surface area (Å²) in [5.74, 6) is 0.0128. The lowest BCUT2D eigenvalue weighted by atomic mass is 10.1. The van der Waals surface area contributed by atoms with Gasteiger partial charge in [0.05, 0.1) is 16.3 Å². The van der Waals surface area contributed by atoms with Gasteiger partial charge in [-0.25, -0.2) is 4.39 Å². The summed E-state index contributed by atoms with van der Waals surface area (Å²) in [5.41, 5.74) is 2.76. The van der Waals surface area contributed by atoms with Crippen LogP contribution in [0, 0.1) is 5.82 Å². The van der Waals surface area contributed by atoms with E-state index in [1.807, 2.05) is 36.4 Å². The molecule has 1 heterocycles. The normalized spacial score (nSPS) is 11.6. The highest BCUT2D eigenvalue weighted by atomic mass is 35.5. The summed E-state index contributed by atoms with van der Waals surface area (Å²) in [6, 6.07) is 18.8. The molecule has 0 saturated carbocycles. The zero-order valence-corrected chi connectivity index (χ0v) is 20.3. The predicted molar refractivity (Wildman–Crippen MR) is 138 cm³/mol. The Morgan fingerprint density at radius 1 is 1.09 bits per heavy atom. The first-order valence-electron chi connectivity index (χ1n) is 10.5. The second-order valence-corrected chi connectivity index (χ2v) is 8.04. The van der Waals surface area contributed by atoms with E-state index in [2.05, 4.69) is 10.6 Å². The highest BCUT2D eigenvalue weighted by molar-refractivity contribution is 8.02. The fraction of sp³-hybridized carbons (Fsp3) is 0.200. The first-order valence-corrected chi connectivity index (χ1v) is 11.8. The van der Waals surface area contributed by atoms with Crippen molar-refractivity contribution in [1.29, 1.82) is 0 Å². The highest BCUT2D eigenvalue weighted by Crippen LogP contribution is 2.31. The molecule has 0 radical (unpaired) electrons. The van der Waals surface area contributed by atoms with Gasteiger partial charge < -0.3 is 14.9 Å². The van der Waals surface area contributed by atoms with E-state index in [1.165, 1.54) is 12.1 Å². The van der Waals surface area contributed by atoms with Crippen molar-refractivity contribution >= 4 is 52.8 Å². The number of rotatable bonds is 5. The number of carbonyl (C=O) groups excluding carboxylic acids is 2. The van der Waals surface area contributed by atoms with Crippen LogP contribution in [0.1, 0.15) is 34.6 Å². The van der Waals surface area contributed by atoms with E-state index in [-0.39, 0.29) is 5.56 Å². The van der Waals surface area contributed by atoms with Crippen LogP contribution in [0.4, 0.5) is 21.5 Å². The summed E-state index contributed by atoms with van der Waals surface area (Å²) in [6.07, 6.45) is 0.833. The lowest BCUT2D eigenvalue weighted by Crippen LogP contribution is -2.29. The van der Waals surface area contributed by atoms with Crippen molar-refractivity contribution in [3.8, 4) is 0 Å². The Hall–Kier alpha value is -3.03. The zero-order valence-electron chi connectivity index (χ0n) is 18.8. The van der Waals surface area contributed by atoms with Gasteiger partial charge in [-0.05, 0) is 48.3 Å². The number of nitrogens with one attached hydrogen (secondary N) is 2. The number of hydrogen-bond donors (Lipinski definition) is 2. The monoisotopic (exact) mass is 487 g/mol. The fourth-order valence-corrected chi connectivity index (χ4v) is 3.59. The van der Waals surface area contributed by atoms with E-state index in [0.29, 0.717) is 16.4 Å². The molecular formula is C25H27ClFN3O2S. The molecule has 174 valence electrons. The zero-order chi connectivity index (χ0) is 24.2. The molecule has 1 aliphatic heterocycles. The number of benzene rings is 3. The molecule has 1 fully saturated rings. The van der Waals surface area contributed by atoms with Crippen molar-refractivity contribution in [1.82, 2.24) is 0 Å². The number of hydrogen-bond acceptors (Lipinski definition) is 5. The van der Waals surface area contributed by atoms with Crippen molar-refractivity contribution in [3.05, 3.63) is 88.7 Å². The Labute approximate surface area is 203 Å². The summed E-state index contributed by atoms with van der Waals surface area (Å²) < 4.78 is 16.2.